The van der Waals surface area contributed by atoms with E-state index in [0.29, 0.717) is 12.1 Å². The molecule has 2 heterocycles. The molecule has 5 heteroatoms. The number of likely N-dealkylation sites (tertiary alicyclic amines) is 2. The van der Waals surface area contributed by atoms with Crippen molar-refractivity contribution in [3.8, 4) is 0 Å². The van der Waals surface area contributed by atoms with Crippen LogP contribution in [0.2, 0.25) is 0 Å². The molecule has 0 radical (unpaired) electrons. The highest BCUT2D eigenvalue weighted by Crippen LogP contribution is 2.20. The molecule has 0 aliphatic carbocycles. The first-order valence-electron chi connectivity index (χ1n) is 9.04. The summed E-state index contributed by atoms with van der Waals surface area (Å²) in [6, 6.07) is 0.513. The van der Waals surface area contributed by atoms with Crippen LogP contribution in [0.5, 0.6) is 0 Å². The lowest BCUT2D eigenvalue weighted by Crippen LogP contribution is -2.51. The summed E-state index contributed by atoms with van der Waals surface area (Å²) in [6.45, 7) is 7.00. The van der Waals surface area contributed by atoms with Gasteiger partial charge in [0.25, 0.3) is 0 Å². The zero-order valence-corrected chi connectivity index (χ0v) is 14.4. The summed E-state index contributed by atoms with van der Waals surface area (Å²) >= 11 is 0. The fourth-order valence-corrected chi connectivity index (χ4v) is 3.59. The highest BCUT2D eigenvalue weighted by atomic mass is 16.5. The number of nitrogens with zero attached hydrogens (tertiary/aromatic N) is 2. The van der Waals surface area contributed by atoms with Crippen LogP contribution in [0.1, 0.15) is 51.9 Å². The fourth-order valence-electron chi connectivity index (χ4n) is 3.59. The number of methoxy groups -OCH3 is 1. The van der Waals surface area contributed by atoms with Crippen LogP contribution in [0.25, 0.3) is 0 Å². The number of nitrogens with one attached hydrogen (secondary N) is 1. The van der Waals surface area contributed by atoms with Crippen LogP contribution < -0.4 is 5.32 Å². The topological polar surface area (TPSA) is 44.8 Å². The van der Waals surface area contributed by atoms with Crippen molar-refractivity contribution in [1.82, 2.24) is 15.1 Å². The molecule has 0 aromatic rings. The van der Waals surface area contributed by atoms with Crippen LogP contribution in [0, 0.1) is 0 Å². The highest BCUT2D eigenvalue weighted by Gasteiger charge is 2.28. The normalized spacial score (nSPS) is 25.0. The maximum atomic E-state index is 12.4. The van der Waals surface area contributed by atoms with Gasteiger partial charge >= 0.3 is 6.03 Å². The van der Waals surface area contributed by atoms with E-state index in [1.54, 1.807) is 0 Å². The maximum absolute atomic E-state index is 12.4. The number of urea groups is 1. The Labute approximate surface area is 135 Å². The van der Waals surface area contributed by atoms with E-state index in [0.717, 1.165) is 64.8 Å². The molecule has 2 fully saturated rings. The average Bonchev–Trinajstić information content (AvgIpc) is 2.79. The van der Waals surface area contributed by atoms with Gasteiger partial charge in [0.2, 0.25) is 0 Å². The van der Waals surface area contributed by atoms with Crippen molar-refractivity contribution in [2.24, 2.45) is 0 Å². The minimum atomic E-state index is 0.139. The van der Waals surface area contributed by atoms with Crippen LogP contribution in [0.4, 0.5) is 4.79 Å². The molecule has 0 saturated carbocycles. The number of carbonyl (C=O) groups is 1. The Bertz CT molecular complexity index is 330. The number of rotatable bonds is 5. The Morgan fingerprint density at radius 2 is 1.91 bits per heavy atom. The van der Waals surface area contributed by atoms with Gasteiger partial charge in [-0.1, -0.05) is 19.8 Å². The molecule has 2 saturated heterocycles. The number of piperidine rings is 1. The van der Waals surface area contributed by atoms with Gasteiger partial charge in [0, 0.05) is 45.9 Å². The molecular formula is C17H33N3O2. The summed E-state index contributed by atoms with van der Waals surface area (Å²) < 4.78 is 5.45. The van der Waals surface area contributed by atoms with Crippen LogP contribution >= 0.6 is 0 Å². The van der Waals surface area contributed by atoms with Crippen molar-refractivity contribution in [2.75, 3.05) is 39.8 Å². The molecule has 2 rings (SSSR count). The van der Waals surface area contributed by atoms with Gasteiger partial charge in [0.05, 0.1) is 6.10 Å². The third-order valence-corrected chi connectivity index (χ3v) is 5.00. The predicted molar refractivity (Wildman–Crippen MR) is 89.1 cm³/mol. The number of carbonyl (C=O) groups excluding carboxylic acids is 1. The fraction of sp³-hybridized carbons (Fsp3) is 0.941. The van der Waals surface area contributed by atoms with E-state index in [4.69, 9.17) is 4.74 Å². The zero-order chi connectivity index (χ0) is 15.8. The molecule has 2 amide bonds. The van der Waals surface area contributed by atoms with E-state index in [9.17, 15) is 4.79 Å². The third-order valence-electron chi connectivity index (χ3n) is 5.00. The quantitative estimate of drug-likeness (QED) is 0.848. The molecule has 0 bridgehead atoms. The van der Waals surface area contributed by atoms with Crippen LogP contribution in [0.15, 0.2) is 0 Å². The Morgan fingerprint density at radius 3 is 2.59 bits per heavy atom. The van der Waals surface area contributed by atoms with Gasteiger partial charge in [-0.05, 0) is 32.1 Å². The SMILES string of the molecule is CCCNC(=O)N1CCCCCC1CN1CCC(OC)CC1. The molecule has 1 atom stereocenters. The lowest BCUT2D eigenvalue weighted by Gasteiger charge is -2.37. The molecular weight excluding hydrogens is 278 g/mol. The van der Waals surface area contributed by atoms with Crippen LogP contribution in [-0.4, -0.2) is 67.8 Å². The van der Waals surface area contributed by atoms with Gasteiger partial charge < -0.3 is 19.9 Å². The molecule has 128 valence electrons. The molecule has 0 aromatic heterocycles. The monoisotopic (exact) mass is 311 g/mol. The first kappa shape index (κ1) is 17.5. The molecule has 1 unspecified atom stereocenters. The number of amides is 2. The Balaban J connectivity index is 1.88. The number of hydrogen-bond donors (Lipinski definition) is 1. The van der Waals surface area contributed by atoms with E-state index >= 15 is 0 Å². The summed E-state index contributed by atoms with van der Waals surface area (Å²) in [6.07, 6.45) is 8.43. The average molecular weight is 311 g/mol. The van der Waals surface area contributed by atoms with Gasteiger partial charge in [-0.3, -0.25) is 0 Å². The Morgan fingerprint density at radius 1 is 1.14 bits per heavy atom. The molecule has 0 aromatic carbocycles. The third kappa shape index (κ3) is 5.13. The first-order valence-corrected chi connectivity index (χ1v) is 9.04. The highest BCUT2D eigenvalue weighted by molar-refractivity contribution is 5.74. The summed E-state index contributed by atoms with van der Waals surface area (Å²) in [5.74, 6) is 0. The van der Waals surface area contributed by atoms with Gasteiger partial charge in [-0.2, -0.15) is 0 Å². The molecule has 5 nitrogen and oxygen atoms in total. The second-order valence-electron chi connectivity index (χ2n) is 6.66. The zero-order valence-electron chi connectivity index (χ0n) is 14.4. The largest absolute Gasteiger partial charge is 0.381 e. The van der Waals surface area contributed by atoms with E-state index in [1.807, 2.05) is 7.11 Å². The summed E-state index contributed by atoms with van der Waals surface area (Å²) in [5, 5.41) is 3.06. The van der Waals surface area contributed by atoms with Crippen molar-refractivity contribution in [1.29, 1.82) is 0 Å². The van der Waals surface area contributed by atoms with E-state index < -0.39 is 0 Å². The Hall–Kier alpha value is -0.810. The molecule has 1 N–H and O–H groups in total. The van der Waals surface area contributed by atoms with Crippen LogP contribution in [-0.2, 0) is 4.74 Å². The van der Waals surface area contributed by atoms with Crippen molar-refractivity contribution >= 4 is 6.03 Å². The van der Waals surface area contributed by atoms with Gasteiger partial charge in [0.15, 0.2) is 0 Å². The molecule has 0 spiro atoms. The van der Waals surface area contributed by atoms with Crippen molar-refractivity contribution in [2.45, 2.75) is 64.0 Å². The maximum Gasteiger partial charge on any atom is 0.317 e. The lowest BCUT2D eigenvalue weighted by atomic mass is 10.0. The van der Waals surface area contributed by atoms with Gasteiger partial charge in [-0.15, -0.1) is 0 Å². The van der Waals surface area contributed by atoms with Crippen molar-refractivity contribution in [3.05, 3.63) is 0 Å². The predicted octanol–water partition coefficient (Wildman–Crippen LogP) is 2.46. The van der Waals surface area contributed by atoms with E-state index in [2.05, 4.69) is 22.0 Å². The van der Waals surface area contributed by atoms with Crippen molar-refractivity contribution in [3.63, 3.8) is 0 Å². The lowest BCUT2D eigenvalue weighted by molar-refractivity contribution is 0.0332. The number of hydrogen-bond acceptors (Lipinski definition) is 3. The van der Waals surface area contributed by atoms with E-state index in [1.165, 1.54) is 12.8 Å². The minimum absolute atomic E-state index is 0.139. The first-order chi connectivity index (χ1) is 10.7. The second-order valence-corrected chi connectivity index (χ2v) is 6.66. The van der Waals surface area contributed by atoms with E-state index in [-0.39, 0.29) is 6.03 Å². The molecule has 2 aliphatic heterocycles. The molecule has 2 aliphatic rings. The molecule has 22 heavy (non-hydrogen) atoms. The Kier molecular flexibility index (Phi) is 7.46. The smallest absolute Gasteiger partial charge is 0.317 e. The minimum Gasteiger partial charge on any atom is -0.381 e. The summed E-state index contributed by atoms with van der Waals surface area (Å²) in [7, 11) is 1.81. The standard InChI is InChI=1S/C17H33N3O2/c1-3-10-18-17(21)20-11-6-4-5-7-15(20)14-19-12-8-16(22-2)9-13-19/h15-16H,3-14H2,1-2H3,(H,18,21). The summed E-state index contributed by atoms with van der Waals surface area (Å²) in [5.41, 5.74) is 0. The van der Waals surface area contributed by atoms with Crippen molar-refractivity contribution < 1.29 is 9.53 Å². The number of ether oxygens (including phenoxy) is 1. The summed E-state index contributed by atoms with van der Waals surface area (Å²) in [4.78, 5) is 17.1. The van der Waals surface area contributed by atoms with Crippen LogP contribution in [0.3, 0.4) is 0 Å². The van der Waals surface area contributed by atoms with Gasteiger partial charge in [0.1, 0.15) is 0 Å². The van der Waals surface area contributed by atoms with Gasteiger partial charge in [-0.25, -0.2) is 4.79 Å². The second kappa shape index (κ2) is 9.36.